The van der Waals surface area contributed by atoms with Gasteiger partial charge in [0.1, 0.15) is 0 Å². The second kappa shape index (κ2) is 7.23. The van der Waals surface area contributed by atoms with Crippen molar-refractivity contribution >= 4 is 21.8 Å². The molecule has 0 aliphatic rings. The number of rotatable bonds is 6. The molecular weight excluding hydrogens is 302 g/mol. The Morgan fingerprint density at radius 3 is 2.72 bits per heavy atom. The monoisotopic (exact) mass is 317 g/mol. The first-order valence-corrected chi connectivity index (χ1v) is 6.31. The summed E-state index contributed by atoms with van der Waals surface area (Å²) in [4.78, 5) is 11.2. The zero-order valence-corrected chi connectivity index (χ0v) is 11.9. The minimum absolute atomic E-state index is 0.0889. The molecule has 0 fully saturated rings. The van der Waals surface area contributed by atoms with Crippen LogP contribution >= 0.6 is 15.9 Å². The lowest BCUT2D eigenvalue weighted by Crippen LogP contribution is -2.25. The number of likely N-dealkylation sites (N-methyl/N-ethyl adjacent to an activating group) is 1. The lowest BCUT2D eigenvalue weighted by atomic mass is 10.2. The van der Waals surface area contributed by atoms with Crippen molar-refractivity contribution in [3.8, 4) is 11.5 Å². The highest BCUT2D eigenvalue weighted by Gasteiger charge is 2.13. The highest BCUT2D eigenvalue weighted by molar-refractivity contribution is 9.10. The number of amides is 1. The molecule has 2 N–H and O–H groups in total. The molecule has 0 bridgehead atoms. The van der Waals surface area contributed by atoms with Crippen LogP contribution in [0.25, 0.3) is 0 Å². The summed E-state index contributed by atoms with van der Waals surface area (Å²) in [5.41, 5.74) is 0.706. The van der Waals surface area contributed by atoms with Crippen molar-refractivity contribution < 1.29 is 19.4 Å². The van der Waals surface area contributed by atoms with E-state index in [0.717, 1.165) is 0 Å². The summed E-state index contributed by atoms with van der Waals surface area (Å²) in [5, 5.41) is 11.6. The molecule has 0 saturated heterocycles. The van der Waals surface area contributed by atoms with E-state index in [1.165, 1.54) is 0 Å². The van der Waals surface area contributed by atoms with Crippen molar-refractivity contribution in [2.24, 2.45) is 0 Å². The molecule has 1 aromatic carbocycles. The highest BCUT2D eigenvalue weighted by atomic mass is 79.9. The van der Waals surface area contributed by atoms with Crippen molar-refractivity contribution in [1.29, 1.82) is 0 Å². The van der Waals surface area contributed by atoms with Gasteiger partial charge in [0.15, 0.2) is 18.1 Å². The molecule has 18 heavy (non-hydrogen) atoms. The third kappa shape index (κ3) is 3.89. The second-order valence-corrected chi connectivity index (χ2v) is 4.31. The molecule has 0 aliphatic carbocycles. The summed E-state index contributed by atoms with van der Waals surface area (Å²) >= 11 is 3.33. The zero-order chi connectivity index (χ0) is 13.5. The van der Waals surface area contributed by atoms with E-state index in [2.05, 4.69) is 21.2 Å². The van der Waals surface area contributed by atoms with Crippen LogP contribution in [0.15, 0.2) is 16.6 Å². The summed E-state index contributed by atoms with van der Waals surface area (Å²) in [6.07, 6.45) is 0. The van der Waals surface area contributed by atoms with E-state index in [-0.39, 0.29) is 19.1 Å². The Bertz CT molecular complexity index is 423. The third-order valence-corrected chi connectivity index (χ3v) is 2.77. The van der Waals surface area contributed by atoms with Crippen molar-refractivity contribution in [3.05, 3.63) is 22.2 Å². The number of nitrogens with one attached hydrogen (secondary N) is 1. The van der Waals surface area contributed by atoms with Crippen LogP contribution in [0, 0.1) is 0 Å². The molecule has 0 saturated carbocycles. The fourth-order valence-corrected chi connectivity index (χ4v) is 1.93. The first kappa shape index (κ1) is 14.8. The molecule has 0 radical (unpaired) electrons. The molecular formula is C12H16BrNO4. The predicted octanol–water partition coefficient (Wildman–Crippen LogP) is 1.46. The van der Waals surface area contributed by atoms with E-state index in [4.69, 9.17) is 14.6 Å². The summed E-state index contributed by atoms with van der Waals surface area (Å²) in [6, 6.07) is 3.41. The lowest BCUT2D eigenvalue weighted by Gasteiger charge is -2.14. The van der Waals surface area contributed by atoms with Crippen molar-refractivity contribution in [2.75, 3.05) is 20.3 Å². The molecule has 5 nitrogen and oxygen atoms in total. The topological polar surface area (TPSA) is 67.8 Å². The van der Waals surface area contributed by atoms with Crippen LogP contribution in [-0.4, -0.2) is 31.3 Å². The first-order valence-electron chi connectivity index (χ1n) is 5.51. The minimum Gasteiger partial charge on any atom is -0.490 e. The van der Waals surface area contributed by atoms with Crippen LogP contribution in [0.3, 0.4) is 0 Å². The number of halogens is 1. The smallest absolute Gasteiger partial charge is 0.257 e. The van der Waals surface area contributed by atoms with Crippen LogP contribution in [0.4, 0.5) is 0 Å². The fraction of sp³-hybridized carbons (Fsp3) is 0.417. The van der Waals surface area contributed by atoms with Gasteiger partial charge in [0.25, 0.3) is 5.91 Å². The number of aliphatic hydroxyl groups is 1. The maximum absolute atomic E-state index is 11.2. The van der Waals surface area contributed by atoms with Gasteiger partial charge < -0.3 is 19.9 Å². The zero-order valence-electron chi connectivity index (χ0n) is 10.3. The molecule has 0 spiro atoms. The van der Waals surface area contributed by atoms with Crippen molar-refractivity contribution in [2.45, 2.75) is 13.5 Å². The Morgan fingerprint density at radius 2 is 2.17 bits per heavy atom. The van der Waals surface area contributed by atoms with Gasteiger partial charge in [-0.1, -0.05) is 0 Å². The highest BCUT2D eigenvalue weighted by Crippen LogP contribution is 2.36. The Morgan fingerprint density at radius 1 is 1.44 bits per heavy atom. The van der Waals surface area contributed by atoms with Gasteiger partial charge in [-0.3, -0.25) is 4.79 Å². The average molecular weight is 318 g/mol. The Kier molecular flexibility index (Phi) is 5.94. The van der Waals surface area contributed by atoms with Gasteiger partial charge >= 0.3 is 0 Å². The van der Waals surface area contributed by atoms with Crippen molar-refractivity contribution in [3.63, 3.8) is 0 Å². The molecule has 0 unspecified atom stereocenters. The third-order valence-electron chi connectivity index (χ3n) is 2.18. The molecule has 6 heteroatoms. The van der Waals surface area contributed by atoms with E-state index in [0.29, 0.717) is 28.1 Å². The Hall–Kier alpha value is -1.27. The van der Waals surface area contributed by atoms with E-state index < -0.39 is 0 Å². The number of ether oxygens (including phenoxy) is 2. The van der Waals surface area contributed by atoms with Gasteiger partial charge in [0, 0.05) is 7.05 Å². The summed E-state index contributed by atoms with van der Waals surface area (Å²) in [5.74, 6) is 0.730. The Balaban J connectivity index is 2.96. The quantitative estimate of drug-likeness (QED) is 0.833. The molecule has 1 aromatic rings. The van der Waals surface area contributed by atoms with Gasteiger partial charge in [-0.25, -0.2) is 0 Å². The molecule has 0 heterocycles. The van der Waals surface area contributed by atoms with E-state index in [9.17, 15) is 4.79 Å². The molecule has 0 aromatic heterocycles. The predicted molar refractivity (Wildman–Crippen MR) is 70.8 cm³/mol. The van der Waals surface area contributed by atoms with Crippen LogP contribution in [-0.2, 0) is 11.4 Å². The normalized spacial score (nSPS) is 10.0. The number of aliphatic hydroxyl groups excluding tert-OH is 1. The van der Waals surface area contributed by atoms with Crippen LogP contribution < -0.4 is 14.8 Å². The number of carbonyl (C=O) groups is 1. The first-order chi connectivity index (χ1) is 8.62. The van der Waals surface area contributed by atoms with Crippen molar-refractivity contribution in [1.82, 2.24) is 5.32 Å². The summed E-state index contributed by atoms with van der Waals surface area (Å²) < 4.78 is 11.5. The average Bonchev–Trinajstić information content (AvgIpc) is 2.37. The minimum atomic E-state index is -0.226. The largest absolute Gasteiger partial charge is 0.490 e. The number of benzene rings is 1. The van der Waals surface area contributed by atoms with E-state index in [1.807, 2.05) is 6.92 Å². The lowest BCUT2D eigenvalue weighted by molar-refractivity contribution is -0.122. The summed E-state index contributed by atoms with van der Waals surface area (Å²) in [7, 11) is 1.54. The van der Waals surface area contributed by atoms with E-state index >= 15 is 0 Å². The molecule has 0 aliphatic heterocycles. The van der Waals surface area contributed by atoms with Crippen LogP contribution in [0.2, 0.25) is 0 Å². The van der Waals surface area contributed by atoms with Gasteiger partial charge in [0.2, 0.25) is 0 Å². The van der Waals surface area contributed by atoms with Gasteiger partial charge in [-0.15, -0.1) is 0 Å². The van der Waals surface area contributed by atoms with Gasteiger partial charge in [0.05, 0.1) is 17.7 Å². The maximum atomic E-state index is 11.2. The molecule has 100 valence electrons. The fourth-order valence-electron chi connectivity index (χ4n) is 1.33. The van der Waals surface area contributed by atoms with Gasteiger partial charge in [-0.2, -0.15) is 0 Å². The SMILES string of the molecule is CCOc1cc(CO)cc(Br)c1OCC(=O)NC. The van der Waals surface area contributed by atoms with Crippen LogP contribution in [0.5, 0.6) is 11.5 Å². The standard InChI is InChI=1S/C12H16BrNO4/c1-3-17-10-5-8(6-15)4-9(13)12(10)18-7-11(16)14-2/h4-5,15H,3,6-7H2,1-2H3,(H,14,16). The Labute approximate surface area is 114 Å². The molecule has 1 amide bonds. The number of hydrogen-bond acceptors (Lipinski definition) is 4. The van der Waals surface area contributed by atoms with Gasteiger partial charge in [-0.05, 0) is 40.5 Å². The van der Waals surface area contributed by atoms with Crippen LogP contribution in [0.1, 0.15) is 12.5 Å². The summed E-state index contributed by atoms with van der Waals surface area (Å²) in [6.45, 7) is 2.14. The molecule has 1 rings (SSSR count). The maximum Gasteiger partial charge on any atom is 0.257 e. The number of hydrogen-bond donors (Lipinski definition) is 2. The number of carbonyl (C=O) groups excluding carboxylic acids is 1. The molecule has 0 atom stereocenters. The second-order valence-electron chi connectivity index (χ2n) is 3.46. The van der Waals surface area contributed by atoms with E-state index in [1.54, 1.807) is 19.2 Å².